The van der Waals surface area contributed by atoms with Crippen molar-refractivity contribution >= 4 is 22.7 Å². The number of carbonyl (C=O) groups is 1. The number of imidazole rings is 1. The summed E-state index contributed by atoms with van der Waals surface area (Å²) in [6.07, 6.45) is 0.296. The zero-order chi connectivity index (χ0) is 10.4. The Morgan fingerprint density at radius 1 is 1.40 bits per heavy atom. The van der Waals surface area contributed by atoms with Gasteiger partial charge in [0.15, 0.2) is 5.71 Å². The average molecular weight is 201 g/mol. The van der Waals surface area contributed by atoms with Crippen molar-refractivity contribution in [2.45, 2.75) is 6.42 Å². The first-order valence-electron chi connectivity index (χ1n) is 4.53. The van der Waals surface area contributed by atoms with E-state index in [2.05, 4.69) is 10.1 Å². The second-order valence-corrected chi connectivity index (χ2v) is 3.36. The fourth-order valence-corrected chi connectivity index (χ4v) is 1.71. The van der Waals surface area contributed by atoms with Gasteiger partial charge in [-0.25, -0.2) is 14.5 Å². The van der Waals surface area contributed by atoms with E-state index in [1.807, 2.05) is 24.3 Å². The Hall–Kier alpha value is -2.17. The topological polar surface area (TPSA) is 67.5 Å². The van der Waals surface area contributed by atoms with E-state index >= 15 is 0 Å². The van der Waals surface area contributed by atoms with Crippen molar-refractivity contribution < 1.29 is 9.90 Å². The molecule has 0 amide bonds. The Bertz CT molecular complexity index is 598. The lowest BCUT2D eigenvalue weighted by Gasteiger charge is -1.92. The van der Waals surface area contributed by atoms with E-state index in [0.717, 1.165) is 11.0 Å². The van der Waals surface area contributed by atoms with Gasteiger partial charge in [0, 0.05) is 0 Å². The van der Waals surface area contributed by atoms with Crippen molar-refractivity contribution in [2.24, 2.45) is 5.10 Å². The maximum Gasteiger partial charge on any atom is 0.352 e. The van der Waals surface area contributed by atoms with Gasteiger partial charge in [-0.3, -0.25) is 0 Å². The summed E-state index contributed by atoms with van der Waals surface area (Å²) < 4.78 is 1.60. The zero-order valence-corrected chi connectivity index (χ0v) is 7.71. The molecular weight excluding hydrogens is 194 g/mol. The zero-order valence-electron chi connectivity index (χ0n) is 7.71. The van der Waals surface area contributed by atoms with Gasteiger partial charge < -0.3 is 5.11 Å². The highest BCUT2D eigenvalue weighted by atomic mass is 16.4. The maximum absolute atomic E-state index is 10.7. The van der Waals surface area contributed by atoms with Crippen LogP contribution in [0.3, 0.4) is 0 Å². The molecule has 1 aromatic carbocycles. The molecule has 2 heterocycles. The Balaban J connectivity index is 2.25. The molecule has 5 heteroatoms. The van der Waals surface area contributed by atoms with E-state index in [-0.39, 0.29) is 5.71 Å². The Morgan fingerprint density at radius 2 is 2.20 bits per heavy atom. The van der Waals surface area contributed by atoms with Gasteiger partial charge in [0.2, 0.25) is 0 Å². The van der Waals surface area contributed by atoms with Crippen LogP contribution in [0.1, 0.15) is 5.82 Å². The number of carboxylic acids is 1. The van der Waals surface area contributed by atoms with E-state index in [4.69, 9.17) is 5.11 Å². The van der Waals surface area contributed by atoms with Gasteiger partial charge in [0.05, 0.1) is 17.5 Å². The fraction of sp³-hybridized carbons (Fsp3) is 0.100. The lowest BCUT2D eigenvalue weighted by molar-refractivity contribution is -0.129. The Morgan fingerprint density at radius 3 is 3.00 bits per heavy atom. The van der Waals surface area contributed by atoms with Gasteiger partial charge in [0.1, 0.15) is 5.82 Å². The number of aromatic nitrogens is 2. The first-order valence-corrected chi connectivity index (χ1v) is 4.53. The highest BCUT2D eigenvalue weighted by Gasteiger charge is 2.23. The predicted molar refractivity (Wildman–Crippen MR) is 53.9 cm³/mol. The molecule has 1 N–H and O–H groups in total. The first kappa shape index (κ1) is 8.16. The average Bonchev–Trinajstić information content (AvgIpc) is 2.73. The summed E-state index contributed by atoms with van der Waals surface area (Å²) in [6, 6.07) is 7.54. The molecule has 0 saturated heterocycles. The number of rotatable bonds is 1. The summed E-state index contributed by atoms with van der Waals surface area (Å²) in [4.78, 5) is 15.0. The third kappa shape index (κ3) is 1.06. The number of carboxylic acid groups (broad SMARTS) is 1. The largest absolute Gasteiger partial charge is 0.477 e. The number of hydrogen-bond donors (Lipinski definition) is 1. The molecule has 2 aromatic rings. The summed E-state index contributed by atoms with van der Waals surface area (Å²) in [5.41, 5.74) is 1.84. The van der Waals surface area contributed by atoms with Crippen molar-refractivity contribution in [3.8, 4) is 0 Å². The van der Waals surface area contributed by atoms with Gasteiger partial charge in [-0.15, -0.1) is 0 Å². The molecule has 1 aromatic heterocycles. The molecule has 0 fully saturated rings. The Labute approximate surface area is 84.7 Å². The van der Waals surface area contributed by atoms with Gasteiger partial charge >= 0.3 is 5.97 Å². The fourth-order valence-electron chi connectivity index (χ4n) is 1.71. The smallest absolute Gasteiger partial charge is 0.352 e. The molecule has 15 heavy (non-hydrogen) atoms. The molecule has 1 aliphatic rings. The standard InChI is InChI=1S/C10H7N3O2/c14-10(15)7-5-9-11-6-3-1-2-4-8(6)13(9)12-7/h1-4H,5H2,(H,14,15). The number of nitrogens with zero attached hydrogens (tertiary/aromatic N) is 3. The van der Waals surface area contributed by atoms with E-state index < -0.39 is 5.97 Å². The molecule has 0 unspecified atom stereocenters. The van der Waals surface area contributed by atoms with Crippen LogP contribution in [-0.4, -0.2) is 26.4 Å². The lowest BCUT2D eigenvalue weighted by Crippen LogP contribution is -2.12. The molecule has 0 atom stereocenters. The van der Waals surface area contributed by atoms with Crippen LogP contribution in [0, 0.1) is 0 Å². The van der Waals surface area contributed by atoms with Gasteiger partial charge in [-0.05, 0) is 12.1 Å². The molecular formula is C10H7N3O2. The van der Waals surface area contributed by atoms with Crippen molar-refractivity contribution in [1.29, 1.82) is 0 Å². The third-order valence-electron chi connectivity index (χ3n) is 2.40. The van der Waals surface area contributed by atoms with Crippen LogP contribution in [0.2, 0.25) is 0 Å². The second kappa shape index (κ2) is 2.66. The molecule has 74 valence electrons. The molecule has 3 rings (SSSR count). The molecule has 5 nitrogen and oxygen atoms in total. The van der Waals surface area contributed by atoms with E-state index in [0.29, 0.717) is 12.2 Å². The minimum Gasteiger partial charge on any atom is -0.477 e. The highest BCUT2D eigenvalue weighted by Crippen LogP contribution is 2.20. The van der Waals surface area contributed by atoms with Crippen LogP contribution in [-0.2, 0) is 11.2 Å². The molecule has 0 radical (unpaired) electrons. The van der Waals surface area contributed by atoms with Gasteiger partial charge in [-0.1, -0.05) is 12.1 Å². The monoisotopic (exact) mass is 201 g/mol. The predicted octanol–water partition coefficient (Wildman–Crippen LogP) is 0.881. The molecule has 1 aliphatic heterocycles. The van der Waals surface area contributed by atoms with Crippen molar-refractivity contribution in [3.05, 3.63) is 30.1 Å². The van der Waals surface area contributed by atoms with Gasteiger partial charge in [0.25, 0.3) is 0 Å². The van der Waals surface area contributed by atoms with Crippen LogP contribution in [0.5, 0.6) is 0 Å². The van der Waals surface area contributed by atoms with Crippen LogP contribution in [0.15, 0.2) is 29.4 Å². The molecule has 0 saturated carbocycles. The molecule has 0 spiro atoms. The van der Waals surface area contributed by atoms with E-state index in [1.54, 1.807) is 4.68 Å². The van der Waals surface area contributed by atoms with Crippen LogP contribution >= 0.6 is 0 Å². The Kier molecular flexibility index (Phi) is 1.45. The number of fused-ring (bicyclic) bond motifs is 3. The minimum atomic E-state index is -0.982. The molecule has 0 aliphatic carbocycles. The van der Waals surface area contributed by atoms with Gasteiger partial charge in [-0.2, -0.15) is 5.10 Å². The SMILES string of the molecule is O=C(O)C1=Nn2c(nc3ccccc32)C1. The van der Waals surface area contributed by atoms with Crippen LogP contribution in [0.4, 0.5) is 0 Å². The lowest BCUT2D eigenvalue weighted by atomic mass is 10.3. The number of benzene rings is 1. The maximum atomic E-state index is 10.7. The number of hydrogen-bond acceptors (Lipinski definition) is 3. The number of aliphatic carboxylic acids is 1. The van der Waals surface area contributed by atoms with Crippen LogP contribution < -0.4 is 0 Å². The summed E-state index contributed by atoms with van der Waals surface area (Å²) in [5, 5.41) is 12.8. The quantitative estimate of drug-likeness (QED) is 0.744. The summed E-state index contributed by atoms with van der Waals surface area (Å²) in [6.45, 7) is 0. The van der Waals surface area contributed by atoms with Crippen molar-refractivity contribution in [2.75, 3.05) is 0 Å². The van der Waals surface area contributed by atoms with E-state index in [1.165, 1.54) is 0 Å². The summed E-state index contributed by atoms with van der Waals surface area (Å²) in [5.74, 6) is -0.293. The molecule has 0 bridgehead atoms. The van der Waals surface area contributed by atoms with Crippen molar-refractivity contribution in [3.63, 3.8) is 0 Å². The highest BCUT2D eigenvalue weighted by molar-refractivity contribution is 6.36. The minimum absolute atomic E-state index is 0.142. The summed E-state index contributed by atoms with van der Waals surface area (Å²) in [7, 11) is 0. The summed E-state index contributed by atoms with van der Waals surface area (Å²) >= 11 is 0. The first-order chi connectivity index (χ1) is 7.25. The normalized spacial score (nSPS) is 14.0. The van der Waals surface area contributed by atoms with E-state index in [9.17, 15) is 4.79 Å². The van der Waals surface area contributed by atoms with Crippen molar-refractivity contribution in [1.82, 2.24) is 9.66 Å². The van der Waals surface area contributed by atoms with Crippen LogP contribution in [0.25, 0.3) is 11.0 Å². The second-order valence-electron chi connectivity index (χ2n) is 3.36. The third-order valence-corrected chi connectivity index (χ3v) is 2.40. The number of para-hydroxylation sites is 2.